The highest BCUT2D eigenvalue weighted by molar-refractivity contribution is 5.92. The molecule has 2 N–H and O–H groups in total. The summed E-state index contributed by atoms with van der Waals surface area (Å²) in [7, 11) is 0. The van der Waals surface area contributed by atoms with Crippen molar-refractivity contribution in [1.82, 2.24) is 15.3 Å². The molecule has 0 aliphatic carbocycles. The van der Waals surface area contributed by atoms with Crippen molar-refractivity contribution in [3.05, 3.63) is 83.3 Å². The summed E-state index contributed by atoms with van der Waals surface area (Å²) in [6.07, 6.45) is 1.39. The van der Waals surface area contributed by atoms with Crippen LogP contribution in [-0.4, -0.2) is 15.9 Å². The number of hydrogen-bond donors (Lipinski definition) is 2. The van der Waals surface area contributed by atoms with Crippen LogP contribution in [0.2, 0.25) is 0 Å². The average Bonchev–Trinajstić information content (AvgIpc) is 2.61. The summed E-state index contributed by atoms with van der Waals surface area (Å²) in [5.41, 5.74) is 4.63. The summed E-state index contributed by atoms with van der Waals surface area (Å²) >= 11 is 0. The monoisotopic (exact) mass is 332 g/mol. The summed E-state index contributed by atoms with van der Waals surface area (Å²) in [5.74, 6) is 0.361. The lowest BCUT2D eigenvalue weighted by molar-refractivity contribution is 0.0945. The van der Waals surface area contributed by atoms with E-state index in [1.54, 1.807) is 6.07 Å². The fraction of sp³-hybridized carbons (Fsp3) is 0.150. The fourth-order valence-electron chi connectivity index (χ4n) is 2.50. The van der Waals surface area contributed by atoms with E-state index in [0.717, 1.165) is 22.4 Å². The van der Waals surface area contributed by atoms with E-state index >= 15 is 0 Å². The number of nitrogens with zero attached hydrogens (tertiary/aromatic N) is 2. The number of aromatic nitrogens is 2. The molecular weight excluding hydrogens is 312 g/mol. The molecule has 1 heterocycles. The molecule has 5 heteroatoms. The second kappa shape index (κ2) is 7.57. The molecule has 5 nitrogen and oxygen atoms in total. The van der Waals surface area contributed by atoms with Gasteiger partial charge >= 0.3 is 0 Å². The van der Waals surface area contributed by atoms with Crippen LogP contribution in [0.3, 0.4) is 0 Å². The molecule has 0 radical (unpaired) electrons. The minimum atomic E-state index is -0.224. The largest absolute Gasteiger partial charge is 0.347 e. The number of benzene rings is 2. The van der Waals surface area contributed by atoms with Gasteiger partial charge in [0.1, 0.15) is 17.8 Å². The van der Waals surface area contributed by atoms with Crippen molar-refractivity contribution in [2.24, 2.45) is 0 Å². The molecule has 0 aliphatic heterocycles. The molecule has 0 aliphatic rings. The Kier molecular flexibility index (Phi) is 5.04. The smallest absolute Gasteiger partial charge is 0.270 e. The first kappa shape index (κ1) is 16.6. The molecule has 0 spiro atoms. The Labute approximate surface area is 147 Å². The number of hydrogen-bond acceptors (Lipinski definition) is 4. The number of aryl methyl sites for hydroxylation is 2. The van der Waals surface area contributed by atoms with Crippen LogP contribution in [0.15, 0.2) is 60.9 Å². The molecule has 0 atom stereocenters. The van der Waals surface area contributed by atoms with Crippen molar-refractivity contribution >= 4 is 17.4 Å². The third kappa shape index (κ3) is 4.41. The van der Waals surface area contributed by atoms with Crippen LogP contribution in [0.4, 0.5) is 11.5 Å². The second-order valence-corrected chi connectivity index (χ2v) is 5.89. The summed E-state index contributed by atoms with van der Waals surface area (Å²) in [4.78, 5) is 20.6. The first-order valence-corrected chi connectivity index (χ1v) is 8.10. The molecule has 1 amide bonds. The Morgan fingerprint density at radius 3 is 2.64 bits per heavy atom. The van der Waals surface area contributed by atoms with Gasteiger partial charge in [-0.3, -0.25) is 4.79 Å². The highest BCUT2D eigenvalue weighted by Crippen LogP contribution is 2.16. The SMILES string of the molecule is Cc1cccc(Nc2cc(C(=O)NCc3ccccc3C)ncn2)c1. The maximum Gasteiger partial charge on any atom is 0.270 e. The minimum absolute atomic E-state index is 0.224. The highest BCUT2D eigenvalue weighted by Gasteiger charge is 2.09. The van der Waals surface area contributed by atoms with Gasteiger partial charge in [0.05, 0.1) is 0 Å². The van der Waals surface area contributed by atoms with Crippen LogP contribution < -0.4 is 10.6 Å². The first-order valence-electron chi connectivity index (χ1n) is 8.10. The van der Waals surface area contributed by atoms with Gasteiger partial charge in [-0.25, -0.2) is 9.97 Å². The molecule has 0 fully saturated rings. The van der Waals surface area contributed by atoms with E-state index in [0.29, 0.717) is 18.1 Å². The van der Waals surface area contributed by atoms with Gasteiger partial charge < -0.3 is 10.6 Å². The number of carbonyl (C=O) groups is 1. The molecular formula is C20H20N4O. The lowest BCUT2D eigenvalue weighted by Crippen LogP contribution is -2.24. The van der Waals surface area contributed by atoms with E-state index in [1.807, 2.05) is 62.4 Å². The molecule has 25 heavy (non-hydrogen) atoms. The van der Waals surface area contributed by atoms with Gasteiger partial charge in [-0.05, 0) is 42.7 Å². The van der Waals surface area contributed by atoms with Gasteiger partial charge in [0.2, 0.25) is 0 Å². The summed E-state index contributed by atoms with van der Waals surface area (Å²) < 4.78 is 0. The molecule has 3 rings (SSSR count). The zero-order valence-electron chi connectivity index (χ0n) is 14.3. The molecule has 2 aromatic carbocycles. The number of carbonyl (C=O) groups excluding carboxylic acids is 1. The lowest BCUT2D eigenvalue weighted by Gasteiger charge is -2.09. The zero-order valence-corrected chi connectivity index (χ0v) is 14.3. The Bertz CT molecular complexity index is 892. The summed E-state index contributed by atoms with van der Waals surface area (Å²) in [6.45, 7) is 4.52. The van der Waals surface area contributed by atoms with Crippen molar-refractivity contribution in [2.75, 3.05) is 5.32 Å². The van der Waals surface area contributed by atoms with E-state index < -0.39 is 0 Å². The van der Waals surface area contributed by atoms with Gasteiger partial charge in [-0.15, -0.1) is 0 Å². The predicted octanol–water partition coefficient (Wildman–Crippen LogP) is 3.77. The van der Waals surface area contributed by atoms with E-state index in [4.69, 9.17) is 0 Å². The molecule has 1 aromatic heterocycles. The second-order valence-electron chi connectivity index (χ2n) is 5.89. The van der Waals surface area contributed by atoms with Gasteiger partial charge in [-0.1, -0.05) is 36.4 Å². The van der Waals surface area contributed by atoms with E-state index in [-0.39, 0.29) is 5.91 Å². The fourth-order valence-corrected chi connectivity index (χ4v) is 2.50. The standard InChI is InChI=1S/C20H20N4O/c1-14-6-5-9-17(10-14)24-19-11-18(22-13-23-19)20(25)21-12-16-8-4-3-7-15(16)2/h3-11,13H,12H2,1-2H3,(H,21,25)(H,22,23,24). The van der Waals surface area contributed by atoms with Crippen LogP contribution in [0, 0.1) is 13.8 Å². The normalized spacial score (nSPS) is 10.3. The van der Waals surface area contributed by atoms with E-state index in [9.17, 15) is 4.79 Å². The summed E-state index contributed by atoms with van der Waals surface area (Å²) in [5, 5.41) is 6.09. The zero-order chi connectivity index (χ0) is 17.6. The van der Waals surface area contributed by atoms with Crippen molar-refractivity contribution in [3.63, 3.8) is 0 Å². The van der Waals surface area contributed by atoms with Crippen molar-refractivity contribution in [2.45, 2.75) is 20.4 Å². The molecule has 0 bridgehead atoms. The lowest BCUT2D eigenvalue weighted by atomic mass is 10.1. The Morgan fingerprint density at radius 1 is 1.00 bits per heavy atom. The van der Waals surface area contributed by atoms with Gasteiger partial charge in [0.25, 0.3) is 5.91 Å². The first-order chi connectivity index (χ1) is 12.1. The van der Waals surface area contributed by atoms with Gasteiger partial charge in [0.15, 0.2) is 0 Å². The summed E-state index contributed by atoms with van der Waals surface area (Å²) in [6, 6.07) is 17.6. The molecule has 126 valence electrons. The molecule has 0 unspecified atom stereocenters. The van der Waals surface area contributed by atoms with Crippen LogP contribution in [0.5, 0.6) is 0 Å². The Morgan fingerprint density at radius 2 is 1.84 bits per heavy atom. The van der Waals surface area contributed by atoms with Crippen molar-refractivity contribution in [3.8, 4) is 0 Å². The highest BCUT2D eigenvalue weighted by atomic mass is 16.1. The van der Waals surface area contributed by atoms with E-state index in [1.165, 1.54) is 6.33 Å². The minimum Gasteiger partial charge on any atom is -0.347 e. The number of nitrogens with one attached hydrogen (secondary N) is 2. The quantitative estimate of drug-likeness (QED) is 0.746. The number of anilines is 2. The third-order valence-electron chi connectivity index (χ3n) is 3.89. The van der Waals surface area contributed by atoms with Crippen molar-refractivity contribution in [1.29, 1.82) is 0 Å². The average molecular weight is 332 g/mol. The van der Waals surface area contributed by atoms with Crippen molar-refractivity contribution < 1.29 is 4.79 Å². The van der Waals surface area contributed by atoms with Crippen LogP contribution in [-0.2, 0) is 6.54 Å². The topological polar surface area (TPSA) is 66.9 Å². The number of amides is 1. The third-order valence-corrected chi connectivity index (χ3v) is 3.89. The molecule has 0 saturated carbocycles. The van der Waals surface area contributed by atoms with Crippen LogP contribution in [0.1, 0.15) is 27.2 Å². The predicted molar refractivity (Wildman–Crippen MR) is 98.8 cm³/mol. The van der Waals surface area contributed by atoms with E-state index in [2.05, 4.69) is 20.6 Å². The molecule has 3 aromatic rings. The number of rotatable bonds is 5. The Hall–Kier alpha value is -3.21. The maximum atomic E-state index is 12.4. The van der Waals surface area contributed by atoms with Gasteiger partial charge in [0, 0.05) is 18.3 Å². The van der Waals surface area contributed by atoms with Gasteiger partial charge in [-0.2, -0.15) is 0 Å². The Balaban J connectivity index is 1.68. The molecule has 0 saturated heterocycles. The maximum absolute atomic E-state index is 12.4. The van der Waals surface area contributed by atoms with Crippen LogP contribution in [0.25, 0.3) is 0 Å². The van der Waals surface area contributed by atoms with Crippen LogP contribution >= 0.6 is 0 Å².